The summed E-state index contributed by atoms with van der Waals surface area (Å²) in [5.74, 6) is -0.271. The Morgan fingerprint density at radius 1 is 1.24 bits per heavy atom. The lowest BCUT2D eigenvalue weighted by Gasteiger charge is -2.41. The Morgan fingerprint density at radius 3 is 2.40 bits per heavy atom. The molecule has 0 aromatic heterocycles. The SMILES string of the molecule is CCN(CC(=O)O)C1CCN(C(=O)NC2CCC(C)(C)CC2C)CC1. The second-order valence-electron chi connectivity index (χ2n) is 8.62. The summed E-state index contributed by atoms with van der Waals surface area (Å²) in [5, 5.41) is 12.3. The Bertz CT molecular complexity index is 473. The normalized spacial score (nSPS) is 27.3. The second kappa shape index (κ2) is 8.39. The molecule has 1 aliphatic carbocycles. The van der Waals surface area contributed by atoms with Crippen LogP contribution in [0.1, 0.15) is 59.8 Å². The average molecular weight is 354 g/mol. The number of carboxylic acids is 1. The number of hydrogen-bond acceptors (Lipinski definition) is 3. The van der Waals surface area contributed by atoms with Gasteiger partial charge in [-0.05, 0) is 50.0 Å². The number of likely N-dealkylation sites (N-methyl/N-ethyl adjacent to an activating group) is 1. The fourth-order valence-electron chi connectivity index (χ4n) is 4.52. The Balaban J connectivity index is 1.80. The number of amides is 2. The molecule has 2 rings (SSSR count). The third kappa shape index (κ3) is 5.59. The number of nitrogens with zero attached hydrogens (tertiary/aromatic N) is 2. The molecule has 0 aromatic carbocycles. The van der Waals surface area contributed by atoms with E-state index in [0.717, 1.165) is 38.6 Å². The van der Waals surface area contributed by atoms with E-state index in [1.807, 2.05) is 16.7 Å². The molecule has 1 heterocycles. The van der Waals surface area contributed by atoms with Crippen LogP contribution < -0.4 is 5.32 Å². The summed E-state index contributed by atoms with van der Waals surface area (Å²) < 4.78 is 0. The number of nitrogens with one attached hydrogen (secondary N) is 1. The van der Waals surface area contributed by atoms with Crippen LogP contribution in [0.3, 0.4) is 0 Å². The van der Waals surface area contributed by atoms with Crippen LogP contribution in [-0.4, -0.2) is 65.2 Å². The minimum Gasteiger partial charge on any atom is -0.480 e. The monoisotopic (exact) mass is 353 g/mol. The topological polar surface area (TPSA) is 72.9 Å². The summed E-state index contributed by atoms with van der Waals surface area (Å²) in [6.45, 7) is 11.1. The summed E-state index contributed by atoms with van der Waals surface area (Å²) in [5.41, 5.74) is 0.382. The molecule has 0 aromatic rings. The summed E-state index contributed by atoms with van der Waals surface area (Å²) in [4.78, 5) is 27.5. The van der Waals surface area contributed by atoms with Gasteiger partial charge in [-0.1, -0.05) is 27.7 Å². The maximum Gasteiger partial charge on any atom is 0.317 e. The number of piperidine rings is 1. The zero-order valence-electron chi connectivity index (χ0n) is 16.3. The van der Waals surface area contributed by atoms with Crippen molar-refractivity contribution in [1.29, 1.82) is 0 Å². The molecular weight excluding hydrogens is 318 g/mol. The predicted octanol–water partition coefficient (Wildman–Crippen LogP) is 2.78. The fourth-order valence-corrected chi connectivity index (χ4v) is 4.52. The molecule has 0 radical (unpaired) electrons. The van der Waals surface area contributed by atoms with E-state index in [1.165, 1.54) is 0 Å². The van der Waals surface area contributed by atoms with Crippen molar-refractivity contribution in [3.8, 4) is 0 Å². The molecule has 0 bridgehead atoms. The Labute approximate surface area is 151 Å². The standard InChI is InChI=1S/C19H35N3O3/c1-5-21(13-17(23)24)15-7-10-22(11-8-15)18(25)20-16-6-9-19(3,4)12-14(16)2/h14-16H,5-13H2,1-4H3,(H,20,25)(H,23,24). The number of carboxylic acid groups (broad SMARTS) is 1. The Kier molecular flexibility index (Phi) is 6.72. The zero-order chi connectivity index (χ0) is 18.6. The Morgan fingerprint density at radius 2 is 1.88 bits per heavy atom. The Hall–Kier alpha value is -1.30. The van der Waals surface area contributed by atoms with Gasteiger partial charge in [-0.15, -0.1) is 0 Å². The molecule has 6 heteroatoms. The number of urea groups is 1. The zero-order valence-corrected chi connectivity index (χ0v) is 16.3. The van der Waals surface area contributed by atoms with Gasteiger partial charge in [0, 0.05) is 25.2 Å². The highest BCUT2D eigenvalue weighted by Crippen LogP contribution is 2.38. The van der Waals surface area contributed by atoms with E-state index in [1.54, 1.807) is 0 Å². The minimum absolute atomic E-state index is 0.0521. The van der Waals surface area contributed by atoms with Crippen molar-refractivity contribution in [2.45, 2.75) is 71.9 Å². The first-order valence-electron chi connectivity index (χ1n) is 9.73. The highest BCUT2D eigenvalue weighted by Gasteiger charge is 2.34. The quantitative estimate of drug-likeness (QED) is 0.797. The van der Waals surface area contributed by atoms with Crippen molar-refractivity contribution in [2.24, 2.45) is 11.3 Å². The average Bonchev–Trinajstić information content (AvgIpc) is 2.54. The van der Waals surface area contributed by atoms with Crippen molar-refractivity contribution < 1.29 is 14.7 Å². The molecule has 144 valence electrons. The third-order valence-corrected chi connectivity index (χ3v) is 6.02. The van der Waals surface area contributed by atoms with E-state index >= 15 is 0 Å². The van der Waals surface area contributed by atoms with E-state index in [4.69, 9.17) is 5.11 Å². The first-order valence-corrected chi connectivity index (χ1v) is 9.73. The van der Waals surface area contributed by atoms with Crippen molar-refractivity contribution in [1.82, 2.24) is 15.1 Å². The lowest BCUT2D eigenvalue weighted by molar-refractivity contribution is -0.139. The largest absolute Gasteiger partial charge is 0.480 e. The first-order chi connectivity index (χ1) is 11.7. The van der Waals surface area contributed by atoms with E-state index in [0.29, 0.717) is 24.4 Å². The number of rotatable bonds is 5. The molecule has 0 spiro atoms. The molecule has 1 saturated heterocycles. The van der Waals surface area contributed by atoms with Crippen molar-refractivity contribution in [3.63, 3.8) is 0 Å². The lowest BCUT2D eigenvalue weighted by Crippen LogP contribution is -2.53. The number of likely N-dealkylation sites (tertiary alicyclic amines) is 1. The van der Waals surface area contributed by atoms with Crippen LogP contribution >= 0.6 is 0 Å². The minimum atomic E-state index is -0.781. The summed E-state index contributed by atoms with van der Waals surface area (Å²) in [6.07, 6.45) is 5.06. The maximum atomic E-state index is 12.6. The van der Waals surface area contributed by atoms with E-state index < -0.39 is 5.97 Å². The van der Waals surface area contributed by atoms with Gasteiger partial charge in [-0.2, -0.15) is 0 Å². The second-order valence-corrected chi connectivity index (χ2v) is 8.62. The van der Waals surface area contributed by atoms with Crippen LogP contribution in [0.5, 0.6) is 0 Å². The van der Waals surface area contributed by atoms with Gasteiger partial charge in [0.25, 0.3) is 0 Å². The number of aliphatic carboxylic acids is 1. The fraction of sp³-hybridized carbons (Fsp3) is 0.895. The molecule has 2 unspecified atom stereocenters. The van der Waals surface area contributed by atoms with Gasteiger partial charge in [-0.3, -0.25) is 9.69 Å². The molecule has 25 heavy (non-hydrogen) atoms. The molecule has 2 aliphatic rings. The van der Waals surface area contributed by atoms with Crippen LogP contribution in [0.2, 0.25) is 0 Å². The third-order valence-electron chi connectivity index (χ3n) is 6.02. The number of hydrogen-bond donors (Lipinski definition) is 2. The van der Waals surface area contributed by atoms with Gasteiger partial charge in [-0.25, -0.2) is 4.79 Å². The van der Waals surface area contributed by atoms with Crippen LogP contribution in [0.4, 0.5) is 4.79 Å². The van der Waals surface area contributed by atoms with Gasteiger partial charge >= 0.3 is 12.0 Å². The maximum absolute atomic E-state index is 12.6. The molecule has 2 fully saturated rings. The van der Waals surface area contributed by atoms with Crippen molar-refractivity contribution in [2.75, 3.05) is 26.2 Å². The van der Waals surface area contributed by atoms with Crippen molar-refractivity contribution in [3.05, 3.63) is 0 Å². The molecule has 1 saturated carbocycles. The molecule has 2 amide bonds. The van der Waals surface area contributed by atoms with Crippen molar-refractivity contribution >= 4 is 12.0 Å². The highest BCUT2D eigenvalue weighted by atomic mass is 16.4. The number of carbonyl (C=O) groups excluding carboxylic acids is 1. The summed E-state index contributed by atoms with van der Waals surface area (Å²) in [7, 11) is 0. The molecule has 6 nitrogen and oxygen atoms in total. The smallest absolute Gasteiger partial charge is 0.317 e. The van der Waals surface area contributed by atoms with Crippen LogP contribution in [0, 0.1) is 11.3 Å². The first kappa shape index (κ1) is 20.0. The summed E-state index contributed by atoms with van der Waals surface area (Å²) >= 11 is 0. The summed E-state index contributed by atoms with van der Waals surface area (Å²) in [6, 6.07) is 0.591. The van der Waals surface area contributed by atoms with E-state index in [-0.39, 0.29) is 24.7 Å². The molecule has 2 atom stereocenters. The lowest BCUT2D eigenvalue weighted by atomic mass is 9.70. The molecule has 2 N–H and O–H groups in total. The van der Waals surface area contributed by atoms with Crippen LogP contribution in [0.25, 0.3) is 0 Å². The van der Waals surface area contributed by atoms with E-state index in [9.17, 15) is 9.59 Å². The van der Waals surface area contributed by atoms with Gasteiger partial charge < -0.3 is 15.3 Å². The highest BCUT2D eigenvalue weighted by molar-refractivity contribution is 5.74. The van der Waals surface area contributed by atoms with Crippen LogP contribution in [0.15, 0.2) is 0 Å². The predicted molar refractivity (Wildman–Crippen MR) is 98.6 cm³/mol. The van der Waals surface area contributed by atoms with Gasteiger partial charge in [0.1, 0.15) is 0 Å². The van der Waals surface area contributed by atoms with Gasteiger partial charge in [0.05, 0.1) is 6.54 Å². The van der Waals surface area contributed by atoms with Gasteiger partial charge in [0.15, 0.2) is 0 Å². The molecule has 1 aliphatic heterocycles. The van der Waals surface area contributed by atoms with Gasteiger partial charge in [0.2, 0.25) is 0 Å². The van der Waals surface area contributed by atoms with E-state index in [2.05, 4.69) is 26.1 Å². The van der Waals surface area contributed by atoms with Crippen LogP contribution in [-0.2, 0) is 4.79 Å². The molecular formula is C19H35N3O3. The number of carbonyl (C=O) groups is 2.